The van der Waals surface area contributed by atoms with Crippen molar-refractivity contribution in [3.05, 3.63) is 113 Å². The smallest absolute Gasteiger partial charge is 0.130 e. The van der Waals surface area contributed by atoms with Crippen LogP contribution in [0.5, 0.6) is 5.75 Å². The van der Waals surface area contributed by atoms with Gasteiger partial charge in [-0.15, -0.1) is 0 Å². The summed E-state index contributed by atoms with van der Waals surface area (Å²) in [6.45, 7) is 0.430. The monoisotopic (exact) mass is 418 g/mol. The minimum atomic E-state index is 0.430. The van der Waals surface area contributed by atoms with Gasteiger partial charge in [0.25, 0.3) is 0 Å². The number of para-hydroxylation sites is 1. The Bertz CT molecular complexity index is 1380. The van der Waals surface area contributed by atoms with E-state index in [9.17, 15) is 0 Å². The number of fused-ring (bicyclic) bond motifs is 1. The van der Waals surface area contributed by atoms with Crippen LogP contribution in [-0.2, 0) is 6.61 Å². The molecule has 2 N–H and O–H groups in total. The molecular weight excluding hydrogens is 396 g/mol. The molecule has 0 atom stereocenters. The molecule has 0 fully saturated rings. The van der Waals surface area contributed by atoms with Crippen LogP contribution in [0, 0.1) is 0 Å². The van der Waals surface area contributed by atoms with E-state index in [1.807, 2.05) is 73.0 Å². The average molecular weight is 419 g/mol. The number of hydrogen-bond acceptors (Lipinski definition) is 3. The molecule has 5 aromatic rings. The van der Waals surface area contributed by atoms with E-state index >= 15 is 0 Å². The van der Waals surface area contributed by atoms with E-state index in [1.165, 1.54) is 5.39 Å². The van der Waals surface area contributed by atoms with Crippen LogP contribution in [0.15, 0.2) is 85.2 Å². The Kier molecular flexibility index (Phi) is 5.62. The van der Waals surface area contributed by atoms with Crippen molar-refractivity contribution in [3.63, 3.8) is 0 Å². The molecule has 0 aliphatic heterocycles. The van der Waals surface area contributed by atoms with Gasteiger partial charge in [0.2, 0.25) is 0 Å². The SMILES string of the molecule is C(=Cc1cc(C=Cc2ccccc2OCc2ccccn2)[nH]n1)c1ccc2[nH]ccc2c1. The second-order valence-corrected chi connectivity index (χ2v) is 7.39. The zero-order chi connectivity index (χ0) is 21.6. The fourth-order valence-corrected chi connectivity index (χ4v) is 3.45. The highest BCUT2D eigenvalue weighted by Gasteiger charge is 2.02. The van der Waals surface area contributed by atoms with Gasteiger partial charge in [0.1, 0.15) is 12.4 Å². The predicted octanol–water partition coefficient (Wildman–Crippen LogP) is 6.21. The Morgan fingerprint density at radius 3 is 2.72 bits per heavy atom. The molecular formula is C27H22N4O. The summed E-state index contributed by atoms with van der Waals surface area (Å²) in [5.41, 5.74) is 5.96. The first kappa shape index (κ1) is 19.6. The highest BCUT2D eigenvalue weighted by molar-refractivity contribution is 5.83. The minimum Gasteiger partial charge on any atom is -0.487 e. The predicted molar refractivity (Wildman–Crippen MR) is 130 cm³/mol. The number of nitrogens with zero attached hydrogens (tertiary/aromatic N) is 2. The Morgan fingerprint density at radius 1 is 0.844 bits per heavy atom. The molecule has 0 saturated carbocycles. The van der Waals surface area contributed by atoms with E-state index in [4.69, 9.17) is 4.74 Å². The molecule has 0 aliphatic rings. The third-order valence-corrected chi connectivity index (χ3v) is 5.10. The van der Waals surface area contributed by atoms with Crippen LogP contribution in [0.1, 0.15) is 28.2 Å². The molecule has 5 rings (SSSR count). The van der Waals surface area contributed by atoms with E-state index in [1.54, 1.807) is 6.20 Å². The molecule has 3 aromatic heterocycles. The number of hydrogen-bond donors (Lipinski definition) is 2. The summed E-state index contributed by atoms with van der Waals surface area (Å²) in [6, 6.07) is 24.2. The number of rotatable bonds is 7. The number of benzene rings is 2. The van der Waals surface area contributed by atoms with Crippen molar-refractivity contribution in [2.75, 3.05) is 0 Å². The molecule has 0 bridgehead atoms. The summed E-state index contributed by atoms with van der Waals surface area (Å²) in [5.74, 6) is 0.814. The van der Waals surface area contributed by atoms with Crippen LogP contribution in [0.4, 0.5) is 0 Å². The van der Waals surface area contributed by atoms with Crippen LogP contribution in [0.2, 0.25) is 0 Å². The molecule has 5 heteroatoms. The second-order valence-electron chi connectivity index (χ2n) is 7.39. The maximum absolute atomic E-state index is 5.98. The van der Waals surface area contributed by atoms with Crippen LogP contribution in [0.25, 0.3) is 35.2 Å². The van der Waals surface area contributed by atoms with Crippen molar-refractivity contribution in [1.82, 2.24) is 20.2 Å². The second kappa shape index (κ2) is 9.18. The third kappa shape index (κ3) is 4.68. The van der Waals surface area contributed by atoms with Crippen LogP contribution in [-0.4, -0.2) is 20.2 Å². The van der Waals surface area contributed by atoms with Gasteiger partial charge in [-0.3, -0.25) is 10.1 Å². The molecule has 156 valence electrons. The lowest BCUT2D eigenvalue weighted by Gasteiger charge is -2.08. The van der Waals surface area contributed by atoms with Gasteiger partial charge in [-0.25, -0.2) is 0 Å². The number of aromatic nitrogens is 4. The largest absolute Gasteiger partial charge is 0.487 e. The highest BCUT2D eigenvalue weighted by atomic mass is 16.5. The molecule has 0 amide bonds. The summed E-state index contributed by atoms with van der Waals surface area (Å²) in [4.78, 5) is 7.52. The summed E-state index contributed by atoms with van der Waals surface area (Å²) in [7, 11) is 0. The standard InChI is InChI=1S/C27H22N4O/c1-2-7-27(32-19-25-6-3-4-15-28-25)21(5-1)10-12-24-18-23(30-31-24)11-8-20-9-13-26-22(17-20)14-16-29-26/h1-18,29H,19H2,(H,30,31). The van der Waals surface area contributed by atoms with Gasteiger partial charge in [0.15, 0.2) is 0 Å². The number of aromatic amines is 2. The Hall–Kier alpha value is -4.38. The van der Waals surface area contributed by atoms with Gasteiger partial charge in [-0.1, -0.05) is 36.4 Å². The van der Waals surface area contributed by atoms with Crippen LogP contribution < -0.4 is 4.74 Å². The Balaban J connectivity index is 1.26. The zero-order valence-corrected chi connectivity index (χ0v) is 17.4. The van der Waals surface area contributed by atoms with Crippen LogP contribution >= 0.6 is 0 Å². The molecule has 0 radical (unpaired) electrons. The van der Waals surface area contributed by atoms with Crippen molar-refractivity contribution >= 4 is 35.2 Å². The maximum atomic E-state index is 5.98. The summed E-state index contributed by atoms with van der Waals surface area (Å²) in [6.07, 6.45) is 11.8. The maximum Gasteiger partial charge on any atom is 0.130 e. The lowest BCUT2D eigenvalue weighted by Crippen LogP contribution is -1.98. The Labute approximate surface area is 186 Å². The molecule has 3 heterocycles. The fraction of sp³-hybridized carbons (Fsp3) is 0.0370. The molecule has 0 spiro atoms. The van der Waals surface area contributed by atoms with E-state index in [0.29, 0.717) is 6.61 Å². The topological polar surface area (TPSA) is 66.6 Å². The van der Waals surface area contributed by atoms with Crippen molar-refractivity contribution < 1.29 is 4.74 Å². The normalized spacial score (nSPS) is 11.6. The molecule has 0 unspecified atom stereocenters. The molecule has 5 nitrogen and oxygen atoms in total. The fourth-order valence-electron chi connectivity index (χ4n) is 3.45. The van der Waals surface area contributed by atoms with Gasteiger partial charge in [-0.2, -0.15) is 5.10 Å². The van der Waals surface area contributed by atoms with Gasteiger partial charge in [-0.05, 0) is 71.6 Å². The van der Waals surface area contributed by atoms with Crippen LogP contribution in [0.3, 0.4) is 0 Å². The van der Waals surface area contributed by atoms with E-state index in [0.717, 1.165) is 39.5 Å². The van der Waals surface area contributed by atoms with E-state index < -0.39 is 0 Å². The number of nitrogens with one attached hydrogen (secondary N) is 2. The lowest BCUT2D eigenvalue weighted by molar-refractivity contribution is 0.300. The average Bonchev–Trinajstić information content (AvgIpc) is 3.50. The van der Waals surface area contributed by atoms with Crippen molar-refractivity contribution in [2.45, 2.75) is 6.61 Å². The first-order valence-electron chi connectivity index (χ1n) is 10.4. The number of pyridine rings is 1. The van der Waals surface area contributed by atoms with Gasteiger partial charge in [0.05, 0.1) is 17.1 Å². The summed E-state index contributed by atoms with van der Waals surface area (Å²) >= 11 is 0. The van der Waals surface area contributed by atoms with Gasteiger partial charge in [0, 0.05) is 23.5 Å². The molecule has 0 aliphatic carbocycles. The van der Waals surface area contributed by atoms with Gasteiger partial charge < -0.3 is 9.72 Å². The third-order valence-electron chi connectivity index (χ3n) is 5.10. The number of ether oxygens (including phenoxy) is 1. The zero-order valence-electron chi connectivity index (χ0n) is 17.4. The molecule has 2 aromatic carbocycles. The van der Waals surface area contributed by atoms with Crippen molar-refractivity contribution in [1.29, 1.82) is 0 Å². The number of H-pyrrole nitrogens is 2. The van der Waals surface area contributed by atoms with Crippen molar-refractivity contribution in [2.24, 2.45) is 0 Å². The van der Waals surface area contributed by atoms with Crippen molar-refractivity contribution in [3.8, 4) is 5.75 Å². The lowest BCUT2D eigenvalue weighted by atomic mass is 10.1. The highest BCUT2D eigenvalue weighted by Crippen LogP contribution is 2.22. The summed E-state index contributed by atoms with van der Waals surface area (Å²) < 4.78 is 5.98. The molecule has 32 heavy (non-hydrogen) atoms. The first-order chi connectivity index (χ1) is 15.8. The first-order valence-corrected chi connectivity index (χ1v) is 10.4. The van der Waals surface area contributed by atoms with E-state index in [2.05, 4.69) is 50.5 Å². The quantitative estimate of drug-likeness (QED) is 0.330. The summed E-state index contributed by atoms with van der Waals surface area (Å²) in [5, 5.41) is 8.65. The minimum absolute atomic E-state index is 0.430. The Morgan fingerprint density at radius 2 is 1.78 bits per heavy atom. The van der Waals surface area contributed by atoms with Gasteiger partial charge >= 0.3 is 0 Å². The molecule has 0 saturated heterocycles. The van der Waals surface area contributed by atoms with E-state index in [-0.39, 0.29) is 0 Å².